The summed E-state index contributed by atoms with van der Waals surface area (Å²) in [6, 6.07) is 1.65. The van der Waals surface area contributed by atoms with E-state index in [1.807, 2.05) is 6.92 Å². The number of sulfonamides is 1. The third-order valence-electron chi connectivity index (χ3n) is 12.3. The number of fused-ring (bicyclic) bond motifs is 3. The number of aromatic nitrogens is 2. The Balaban J connectivity index is 1.42. The Morgan fingerprint density at radius 2 is 1.79 bits per heavy atom. The van der Waals surface area contributed by atoms with Crippen molar-refractivity contribution >= 4 is 44.9 Å². The summed E-state index contributed by atoms with van der Waals surface area (Å²) in [4.78, 5) is 66.6. The van der Waals surface area contributed by atoms with Gasteiger partial charge in [0.15, 0.2) is 0 Å². The molecule has 19 heteroatoms. The molecule has 3 fully saturated rings. The summed E-state index contributed by atoms with van der Waals surface area (Å²) in [7, 11) is -2.64. The molecule has 1 aromatic carbocycles. The van der Waals surface area contributed by atoms with Gasteiger partial charge in [0.1, 0.15) is 40.7 Å². The van der Waals surface area contributed by atoms with Crippen molar-refractivity contribution in [1.82, 2.24) is 29.8 Å². The topological polar surface area (TPSA) is 197 Å². The lowest BCUT2D eigenvalue weighted by molar-refractivity contribution is -0.222. The van der Waals surface area contributed by atoms with E-state index in [1.165, 1.54) is 21.0 Å². The fraction of sp³-hybridized carbons (Fsp3) is 0.641. The number of ether oxygens (including phenoxy) is 2. The van der Waals surface area contributed by atoms with Crippen LogP contribution < -0.4 is 19.5 Å². The lowest BCUT2D eigenvalue weighted by atomic mass is 9.85. The van der Waals surface area contributed by atoms with E-state index in [-0.39, 0.29) is 42.5 Å². The van der Waals surface area contributed by atoms with Gasteiger partial charge in [-0.25, -0.2) is 23.2 Å². The molecule has 4 aliphatic rings. The normalized spacial score (nSPS) is 29.0. The van der Waals surface area contributed by atoms with E-state index in [0.717, 1.165) is 4.90 Å². The number of benzene rings is 1. The van der Waals surface area contributed by atoms with Crippen molar-refractivity contribution in [1.29, 1.82) is 0 Å². The number of allylic oxidation sites excluding steroid dienone is 1. The first-order valence-corrected chi connectivity index (χ1v) is 20.9. The smallest absolute Gasteiger partial charge is 0.411 e. The molecule has 2 aliphatic carbocycles. The summed E-state index contributed by atoms with van der Waals surface area (Å²) in [6.45, 7) is 7.52. The molecule has 0 bridgehead atoms. The van der Waals surface area contributed by atoms with Gasteiger partial charge in [0.2, 0.25) is 27.7 Å². The summed E-state index contributed by atoms with van der Waals surface area (Å²) < 4.78 is 83.1. The number of carbonyl (C=O) groups is 4. The van der Waals surface area contributed by atoms with Crippen LogP contribution in [0.2, 0.25) is 0 Å². The second kappa shape index (κ2) is 15.2. The molecule has 4 amide bonds. The monoisotopic (exact) mass is 836 g/mol. The zero-order valence-corrected chi connectivity index (χ0v) is 34.4. The molecular formula is C39H51F3N6O9S. The fourth-order valence-electron chi connectivity index (χ4n) is 8.09. The summed E-state index contributed by atoms with van der Waals surface area (Å²) in [5, 5.41) is 13.2. The molecule has 3 heterocycles. The van der Waals surface area contributed by atoms with Crippen LogP contribution in [0.15, 0.2) is 30.4 Å². The van der Waals surface area contributed by atoms with Gasteiger partial charge in [0.25, 0.3) is 5.91 Å². The Morgan fingerprint density at radius 1 is 1.10 bits per heavy atom. The molecule has 58 heavy (non-hydrogen) atoms. The number of carbonyl (C=O) groups excluding carboxylic acids is 3. The van der Waals surface area contributed by atoms with Crippen molar-refractivity contribution in [2.24, 2.45) is 17.8 Å². The molecule has 6 rings (SSSR count). The van der Waals surface area contributed by atoms with Gasteiger partial charge in [-0.2, -0.15) is 13.2 Å². The molecule has 7 atom stereocenters. The maximum atomic E-state index is 15.0. The van der Waals surface area contributed by atoms with Gasteiger partial charge >= 0.3 is 12.3 Å². The first-order chi connectivity index (χ1) is 26.9. The van der Waals surface area contributed by atoms with Crippen molar-refractivity contribution in [2.75, 3.05) is 13.7 Å². The number of methoxy groups -OCH3 is 1. The second-order valence-corrected chi connectivity index (χ2v) is 19.3. The average Bonchev–Trinajstić information content (AvgIpc) is 4.01. The molecule has 2 saturated carbocycles. The Labute approximate surface area is 335 Å². The lowest BCUT2D eigenvalue weighted by Gasteiger charge is -2.45. The van der Waals surface area contributed by atoms with E-state index < -0.39 is 85.9 Å². The van der Waals surface area contributed by atoms with Gasteiger partial charge in [-0.15, -0.1) is 0 Å². The predicted molar refractivity (Wildman–Crippen MR) is 204 cm³/mol. The van der Waals surface area contributed by atoms with Crippen LogP contribution >= 0.6 is 0 Å². The van der Waals surface area contributed by atoms with Crippen molar-refractivity contribution in [3.05, 3.63) is 36.0 Å². The van der Waals surface area contributed by atoms with Crippen LogP contribution in [0.4, 0.5) is 18.0 Å². The Bertz CT molecular complexity index is 2130. The van der Waals surface area contributed by atoms with Gasteiger partial charge in [0.05, 0.1) is 29.4 Å². The Morgan fingerprint density at radius 3 is 2.41 bits per heavy atom. The highest BCUT2D eigenvalue weighted by Gasteiger charge is 2.64. The zero-order valence-electron chi connectivity index (χ0n) is 33.6. The summed E-state index contributed by atoms with van der Waals surface area (Å²) in [6.07, 6.45) is -2.91. The number of aryl methyl sites for hydroxylation is 1. The predicted octanol–water partition coefficient (Wildman–Crippen LogP) is 4.87. The van der Waals surface area contributed by atoms with Crippen LogP contribution in [0.5, 0.6) is 11.6 Å². The second-order valence-electron chi connectivity index (χ2n) is 17.1. The number of alkyl halides is 3. The largest absolute Gasteiger partial charge is 0.497 e. The van der Waals surface area contributed by atoms with Crippen molar-refractivity contribution < 1.29 is 55.3 Å². The van der Waals surface area contributed by atoms with Gasteiger partial charge in [-0.3, -0.25) is 24.0 Å². The van der Waals surface area contributed by atoms with Gasteiger partial charge in [0, 0.05) is 18.4 Å². The number of halogens is 3. The van der Waals surface area contributed by atoms with E-state index >= 15 is 0 Å². The van der Waals surface area contributed by atoms with Crippen LogP contribution in [0.25, 0.3) is 11.0 Å². The standard InChI is InChI=1S/C39H51F3N6O9S/c1-21-10-8-9-11-24-19-38(24,34(51)46-58(54,55)37(6)14-15-37)45-31(49)29-18-26(57-32-23(3)43-27-13-12-25(56-7)17-28(27)44-32)20-47(29)33(50)30(22(2)16-21)48(35(52)53)36(4,5)39(40,41)42/h9,11-13,17,21-22,24,26,29-30H,8,10,14-16,18-20H2,1-7H3,(H,45,49)(H,46,51)(H,52,53)/t21-,22+,24+,26+,29-,30-,38+/m0/s1. The van der Waals surface area contributed by atoms with Crippen LogP contribution in [-0.2, 0) is 24.4 Å². The average molecular weight is 837 g/mol. The summed E-state index contributed by atoms with van der Waals surface area (Å²) >= 11 is 0. The maximum absolute atomic E-state index is 15.0. The number of hydrogen-bond acceptors (Lipinski definition) is 10. The van der Waals surface area contributed by atoms with Crippen LogP contribution in [0.3, 0.4) is 0 Å². The fourth-order valence-corrected chi connectivity index (χ4v) is 9.40. The number of rotatable bonds is 8. The number of hydrogen-bond donors (Lipinski definition) is 3. The highest BCUT2D eigenvalue weighted by atomic mass is 32.2. The van der Waals surface area contributed by atoms with Crippen molar-refractivity contribution in [3.63, 3.8) is 0 Å². The van der Waals surface area contributed by atoms with E-state index in [4.69, 9.17) is 9.47 Å². The van der Waals surface area contributed by atoms with E-state index in [9.17, 15) is 45.9 Å². The molecule has 1 saturated heterocycles. The molecule has 0 spiro atoms. The lowest BCUT2D eigenvalue weighted by Crippen LogP contribution is -2.66. The number of carboxylic acid groups (broad SMARTS) is 1. The van der Waals surface area contributed by atoms with Crippen LogP contribution in [0.1, 0.15) is 85.3 Å². The Kier molecular flexibility index (Phi) is 11.2. The van der Waals surface area contributed by atoms with E-state index in [1.54, 1.807) is 37.3 Å². The van der Waals surface area contributed by atoms with Crippen LogP contribution in [0, 0.1) is 24.7 Å². The molecule has 2 aliphatic heterocycles. The first-order valence-electron chi connectivity index (χ1n) is 19.4. The quantitative estimate of drug-likeness (QED) is 0.307. The van der Waals surface area contributed by atoms with Crippen LogP contribution in [-0.4, -0.2) is 111 Å². The number of nitrogens with one attached hydrogen (secondary N) is 2. The third-order valence-corrected chi connectivity index (χ3v) is 14.4. The molecule has 15 nitrogen and oxygen atoms in total. The minimum atomic E-state index is -5.10. The van der Waals surface area contributed by atoms with E-state index in [0.29, 0.717) is 62.0 Å². The maximum Gasteiger partial charge on any atom is 0.411 e. The van der Waals surface area contributed by atoms with Crippen molar-refractivity contribution in [2.45, 2.75) is 127 Å². The molecular weight excluding hydrogens is 786 g/mol. The third kappa shape index (κ3) is 8.02. The van der Waals surface area contributed by atoms with Gasteiger partial charge in [-0.05, 0) is 90.2 Å². The van der Waals surface area contributed by atoms with Gasteiger partial charge < -0.3 is 24.8 Å². The SMILES string of the molecule is COc1ccc2nc(C)c(O[C@@H]3C[C@H]4C(=O)N[C@]5(C(=O)NS(=O)(=O)C6(C)CC6)C[C@H]5C=CCC[C@H](C)C[C@@H](C)[C@H](N(C(=O)O)C(C)(C)C(F)(F)F)C(=O)N4C3)nc2c1. The molecule has 3 N–H and O–H groups in total. The van der Waals surface area contributed by atoms with Crippen molar-refractivity contribution in [3.8, 4) is 11.6 Å². The van der Waals surface area contributed by atoms with Gasteiger partial charge in [-0.1, -0.05) is 26.0 Å². The number of nitrogens with zero attached hydrogens (tertiary/aromatic N) is 4. The summed E-state index contributed by atoms with van der Waals surface area (Å²) in [5.74, 6) is -4.11. The molecule has 0 unspecified atom stereocenters. The highest BCUT2D eigenvalue weighted by Crippen LogP contribution is 2.48. The molecule has 1 aromatic heterocycles. The Hall–Kier alpha value is -4.68. The number of amides is 4. The highest BCUT2D eigenvalue weighted by molar-refractivity contribution is 7.91. The van der Waals surface area contributed by atoms with E-state index in [2.05, 4.69) is 20.0 Å². The zero-order chi connectivity index (χ0) is 42.7. The molecule has 2 aromatic rings. The molecule has 318 valence electrons. The molecule has 0 radical (unpaired) electrons. The first kappa shape index (κ1) is 42.9. The summed E-state index contributed by atoms with van der Waals surface area (Å²) in [5.41, 5.74) is -3.46. The minimum absolute atomic E-state index is 0.0466. The minimum Gasteiger partial charge on any atom is -0.497 e.